The molecule has 1 aliphatic carbocycles. The third-order valence-corrected chi connectivity index (χ3v) is 6.36. The average molecular weight is 372 g/mol. The van der Waals surface area contributed by atoms with Gasteiger partial charge < -0.3 is 20.4 Å². The molecule has 2 aliphatic heterocycles. The summed E-state index contributed by atoms with van der Waals surface area (Å²) < 4.78 is 0. The van der Waals surface area contributed by atoms with Gasteiger partial charge in [0.25, 0.3) is 0 Å². The van der Waals surface area contributed by atoms with Crippen molar-refractivity contribution in [2.45, 2.75) is 50.6 Å². The minimum Gasteiger partial charge on any atom is -0.359 e. The Morgan fingerprint density at radius 1 is 1.19 bits per heavy atom. The van der Waals surface area contributed by atoms with E-state index in [9.17, 15) is 9.59 Å². The number of nitrogens with one attached hydrogen (secondary N) is 2. The van der Waals surface area contributed by atoms with Crippen LogP contribution in [0, 0.1) is 5.41 Å². The lowest BCUT2D eigenvalue weighted by Crippen LogP contribution is -2.58. The Morgan fingerprint density at radius 2 is 1.93 bits per heavy atom. The molecule has 1 aromatic heterocycles. The van der Waals surface area contributed by atoms with Crippen LogP contribution in [0.3, 0.4) is 0 Å². The monoisotopic (exact) mass is 372 g/mol. The number of hydrogen-bond donors (Lipinski definition) is 2. The number of nitrogens with zero attached hydrogens (tertiary/aromatic N) is 4. The molecule has 0 spiro atoms. The molecular weight excluding hydrogens is 344 g/mol. The molecule has 0 bridgehead atoms. The molecule has 0 radical (unpaired) electrons. The van der Waals surface area contributed by atoms with Crippen molar-refractivity contribution in [3.63, 3.8) is 0 Å². The first-order valence-corrected chi connectivity index (χ1v) is 9.95. The first kappa shape index (κ1) is 18.0. The zero-order valence-corrected chi connectivity index (χ0v) is 15.9. The van der Waals surface area contributed by atoms with Gasteiger partial charge in [0.2, 0.25) is 11.9 Å². The summed E-state index contributed by atoms with van der Waals surface area (Å²) in [4.78, 5) is 38.5. The summed E-state index contributed by atoms with van der Waals surface area (Å²) in [6.07, 6.45) is 9.54. The molecule has 0 aromatic carbocycles. The molecule has 27 heavy (non-hydrogen) atoms. The van der Waals surface area contributed by atoms with Gasteiger partial charge in [0.05, 0.1) is 11.5 Å². The molecule has 3 amide bonds. The highest BCUT2D eigenvalue weighted by Gasteiger charge is 2.57. The largest absolute Gasteiger partial charge is 0.359 e. The predicted octanol–water partition coefficient (Wildman–Crippen LogP) is 1.15. The first-order chi connectivity index (χ1) is 13.1. The van der Waals surface area contributed by atoms with Gasteiger partial charge >= 0.3 is 6.03 Å². The van der Waals surface area contributed by atoms with Crippen LogP contribution < -0.4 is 15.5 Å². The van der Waals surface area contributed by atoms with Crippen molar-refractivity contribution in [1.29, 1.82) is 0 Å². The maximum absolute atomic E-state index is 12.9. The van der Waals surface area contributed by atoms with Crippen LogP contribution in [0.5, 0.6) is 0 Å². The van der Waals surface area contributed by atoms with Crippen LogP contribution in [-0.4, -0.2) is 65.6 Å². The van der Waals surface area contributed by atoms with E-state index >= 15 is 0 Å². The third-order valence-electron chi connectivity index (χ3n) is 6.36. The molecule has 1 aromatic rings. The Balaban J connectivity index is 1.59. The van der Waals surface area contributed by atoms with Gasteiger partial charge in [-0.15, -0.1) is 0 Å². The van der Waals surface area contributed by atoms with E-state index in [4.69, 9.17) is 0 Å². The molecule has 3 aliphatic rings. The quantitative estimate of drug-likeness (QED) is 0.831. The lowest BCUT2D eigenvalue weighted by molar-refractivity contribution is -0.131. The van der Waals surface area contributed by atoms with Gasteiger partial charge in [-0.25, -0.2) is 14.8 Å². The molecule has 4 rings (SSSR count). The van der Waals surface area contributed by atoms with Gasteiger partial charge in [0.1, 0.15) is 0 Å². The maximum Gasteiger partial charge on any atom is 0.317 e. The van der Waals surface area contributed by atoms with Crippen LogP contribution in [-0.2, 0) is 4.79 Å². The summed E-state index contributed by atoms with van der Waals surface area (Å²) in [6.45, 7) is 1.76. The standard InChI is InChI=1S/C19H28N6O2/c1-20-16(26)19-8-4-11-25(17-21-9-5-10-22-17)15(19)12-24(13-19)18(27)23-14-6-2-3-7-14/h5,9-10,14-15H,2-4,6-8,11-13H2,1H3,(H,20,26)(H,23,27)/t15-,19-/m1/s1. The van der Waals surface area contributed by atoms with E-state index in [2.05, 4.69) is 25.5 Å². The van der Waals surface area contributed by atoms with Crippen molar-refractivity contribution in [3.05, 3.63) is 18.5 Å². The van der Waals surface area contributed by atoms with E-state index < -0.39 is 5.41 Å². The van der Waals surface area contributed by atoms with Gasteiger partial charge in [-0.3, -0.25) is 4.79 Å². The molecule has 1 saturated carbocycles. The van der Waals surface area contributed by atoms with Crippen LogP contribution >= 0.6 is 0 Å². The maximum atomic E-state index is 12.9. The minimum absolute atomic E-state index is 0.00398. The molecule has 0 unspecified atom stereocenters. The van der Waals surface area contributed by atoms with Crippen LogP contribution in [0.1, 0.15) is 38.5 Å². The van der Waals surface area contributed by atoms with E-state index in [0.717, 1.165) is 32.2 Å². The molecule has 3 fully saturated rings. The van der Waals surface area contributed by atoms with Crippen molar-refractivity contribution < 1.29 is 9.59 Å². The smallest absolute Gasteiger partial charge is 0.317 e. The molecule has 2 atom stereocenters. The van der Waals surface area contributed by atoms with Gasteiger partial charge in [-0.1, -0.05) is 12.8 Å². The first-order valence-electron chi connectivity index (χ1n) is 9.95. The van der Waals surface area contributed by atoms with Crippen LogP contribution in [0.2, 0.25) is 0 Å². The second kappa shape index (κ2) is 7.32. The molecule has 2 N–H and O–H groups in total. The van der Waals surface area contributed by atoms with Crippen LogP contribution in [0.25, 0.3) is 0 Å². The number of carbonyl (C=O) groups is 2. The highest BCUT2D eigenvalue weighted by Crippen LogP contribution is 2.43. The number of anilines is 1. The van der Waals surface area contributed by atoms with Crippen LogP contribution in [0.4, 0.5) is 10.7 Å². The molecule has 3 heterocycles. The lowest BCUT2D eigenvalue weighted by Gasteiger charge is -2.43. The highest BCUT2D eigenvalue weighted by molar-refractivity contribution is 5.87. The zero-order chi connectivity index (χ0) is 18.9. The number of carbonyl (C=O) groups excluding carboxylic acids is 2. The highest BCUT2D eigenvalue weighted by atomic mass is 16.2. The summed E-state index contributed by atoms with van der Waals surface area (Å²) in [5.74, 6) is 0.637. The second-order valence-corrected chi connectivity index (χ2v) is 7.91. The zero-order valence-electron chi connectivity index (χ0n) is 15.9. The number of amides is 3. The summed E-state index contributed by atoms with van der Waals surface area (Å²) in [7, 11) is 1.67. The molecule has 8 heteroatoms. The molecular formula is C19H28N6O2. The van der Waals surface area contributed by atoms with Gasteiger partial charge in [-0.05, 0) is 31.7 Å². The van der Waals surface area contributed by atoms with Gasteiger partial charge in [0.15, 0.2) is 0 Å². The molecule has 2 saturated heterocycles. The second-order valence-electron chi connectivity index (χ2n) is 7.91. The van der Waals surface area contributed by atoms with Crippen molar-refractivity contribution in [3.8, 4) is 0 Å². The van der Waals surface area contributed by atoms with Crippen molar-refractivity contribution in [2.75, 3.05) is 31.6 Å². The topological polar surface area (TPSA) is 90.5 Å². The molecule has 146 valence electrons. The Kier molecular flexibility index (Phi) is 4.88. The lowest BCUT2D eigenvalue weighted by atomic mass is 9.74. The van der Waals surface area contributed by atoms with Crippen molar-refractivity contribution in [1.82, 2.24) is 25.5 Å². The number of piperidine rings is 1. The normalized spacial score (nSPS) is 28.1. The van der Waals surface area contributed by atoms with E-state index in [1.165, 1.54) is 12.8 Å². The van der Waals surface area contributed by atoms with Crippen LogP contribution in [0.15, 0.2) is 18.5 Å². The number of likely N-dealkylation sites (tertiary alicyclic amines) is 1. The van der Waals surface area contributed by atoms with E-state index in [-0.39, 0.29) is 24.0 Å². The Morgan fingerprint density at radius 3 is 2.63 bits per heavy atom. The minimum atomic E-state index is -0.612. The Hall–Kier alpha value is -2.38. The summed E-state index contributed by atoms with van der Waals surface area (Å²) in [5, 5.41) is 6.00. The average Bonchev–Trinajstić information content (AvgIpc) is 3.35. The Labute approximate surface area is 159 Å². The number of urea groups is 1. The number of aromatic nitrogens is 2. The fourth-order valence-electron chi connectivity index (χ4n) is 5.01. The number of hydrogen-bond acceptors (Lipinski definition) is 5. The van der Waals surface area contributed by atoms with Gasteiger partial charge in [0, 0.05) is 45.1 Å². The Bertz CT molecular complexity index is 693. The molecule has 8 nitrogen and oxygen atoms in total. The fourth-order valence-corrected chi connectivity index (χ4v) is 5.01. The number of rotatable bonds is 3. The predicted molar refractivity (Wildman–Crippen MR) is 101 cm³/mol. The van der Waals surface area contributed by atoms with E-state index in [1.807, 2.05) is 4.90 Å². The number of fused-ring (bicyclic) bond motifs is 1. The van der Waals surface area contributed by atoms with E-state index in [0.29, 0.717) is 19.0 Å². The summed E-state index contributed by atoms with van der Waals surface area (Å²) in [6, 6.07) is 1.90. The van der Waals surface area contributed by atoms with E-state index in [1.54, 1.807) is 25.5 Å². The SMILES string of the molecule is CNC(=O)[C@@]12CCCN(c3ncccn3)[C@@H]1CN(C(=O)NC1CCCC1)C2. The van der Waals surface area contributed by atoms with Gasteiger partial charge in [-0.2, -0.15) is 0 Å². The van der Waals surface area contributed by atoms with Crippen molar-refractivity contribution >= 4 is 17.9 Å². The third kappa shape index (κ3) is 3.21. The summed E-state index contributed by atoms with van der Waals surface area (Å²) in [5.41, 5.74) is -0.612. The fraction of sp³-hybridized carbons (Fsp3) is 0.684. The summed E-state index contributed by atoms with van der Waals surface area (Å²) >= 11 is 0. The van der Waals surface area contributed by atoms with Crippen molar-refractivity contribution in [2.24, 2.45) is 5.41 Å².